The van der Waals surface area contributed by atoms with Gasteiger partial charge in [-0.15, -0.1) is 0 Å². The molecule has 2 heterocycles. The van der Waals surface area contributed by atoms with Crippen LogP contribution in [0.5, 0.6) is 17.2 Å². The smallest absolute Gasteiger partial charge is 0.327 e. The molecule has 148 valence electrons. The maximum absolute atomic E-state index is 12.6. The lowest BCUT2D eigenvalue weighted by molar-refractivity contribution is 0.355. The van der Waals surface area contributed by atoms with E-state index in [1.807, 2.05) is 36.4 Å². The van der Waals surface area contributed by atoms with Crippen molar-refractivity contribution in [3.05, 3.63) is 63.3 Å². The molecule has 0 spiro atoms. The molecule has 0 aliphatic rings. The number of rotatable bonds is 5. The molecule has 0 radical (unpaired) electrons. The maximum atomic E-state index is 12.6. The summed E-state index contributed by atoms with van der Waals surface area (Å²) in [6.45, 7) is 0. The number of nitrogens with one attached hydrogen (secondary N) is 3. The van der Waals surface area contributed by atoms with Crippen LogP contribution in [-0.2, 0) is 0 Å². The second-order valence-electron chi connectivity index (χ2n) is 6.33. The molecule has 4 rings (SSSR count). The molecule has 3 N–H and O–H groups in total. The number of H-pyrrole nitrogens is 3. The van der Waals surface area contributed by atoms with Gasteiger partial charge in [0.1, 0.15) is 11.4 Å². The van der Waals surface area contributed by atoms with E-state index in [2.05, 4.69) is 15.0 Å². The monoisotopic (exact) mass is 393 g/mol. The van der Waals surface area contributed by atoms with Crippen molar-refractivity contribution in [2.45, 2.75) is 0 Å². The Hall–Kier alpha value is -3.94. The fraction of sp³-hybridized carbons (Fsp3) is 0.143. The van der Waals surface area contributed by atoms with E-state index in [1.54, 1.807) is 27.4 Å². The van der Waals surface area contributed by atoms with Crippen LogP contribution in [0.15, 0.2) is 52.1 Å². The van der Waals surface area contributed by atoms with Crippen LogP contribution in [0.3, 0.4) is 0 Å². The van der Waals surface area contributed by atoms with Crippen LogP contribution >= 0.6 is 0 Å². The summed E-state index contributed by atoms with van der Waals surface area (Å²) in [5, 5.41) is 0.361. The maximum Gasteiger partial charge on any atom is 0.327 e. The third-order valence-corrected chi connectivity index (χ3v) is 4.74. The summed E-state index contributed by atoms with van der Waals surface area (Å²) < 4.78 is 16.0. The highest BCUT2D eigenvalue weighted by Gasteiger charge is 2.20. The van der Waals surface area contributed by atoms with Crippen molar-refractivity contribution in [1.29, 1.82) is 0 Å². The van der Waals surface area contributed by atoms with Crippen molar-refractivity contribution in [2.75, 3.05) is 21.3 Å². The fourth-order valence-electron chi connectivity index (χ4n) is 3.39. The Morgan fingerprint density at radius 1 is 0.724 bits per heavy atom. The first-order valence-electron chi connectivity index (χ1n) is 8.80. The minimum atomic E-state index is -0.580. The van der Waals surface area contributed by atoms with Crippen LogP contribution in [0, 0.1) is 0 Å². The number of ether oxygens (including phenoxy) is 3. The van der Waals surface area contributed by atoms with Gasteiger partial charge in [-0.1, -0.05) is 12.1 Å². The second kappa shape index (κ2) is 7.23. The van der Waals surface area contributed by atoms with Gasteiger partial charge < -0.3 is 19.2 Å². The fourth-order valence-corrected chi connectivity index (χ4v) is 3.39. The molecule has 0 atom stereocenters. The van der Waals surface area contributed by atoms with Gasteiger partial charge in [-0.3, -0.25) is 14.8 Å². The van der Waals surface area contributed by atoms with Gasteiger partial charge in [-0.2, -0.15) is 0 Å². The van der Waals surface area contributed by atoms with E-state index >= 15 is 0 Å². The average molecular weight is 393 g/mol. The van der Waals surface area contributed by atoms with Crippen molar-refractivity contribution in [3.63, 3.8) is 0 Å². The predicted octanol–water partition coefficient (Wildman–Crippen LogP) is 2.90. The average Bonchev–Trinajstić information content (AvgIpc) is 3.12. The van der Waals surface area contributed by atoms with Gasteiger partial charge >= 0.3 is 5.69 Å². The molecule has 0 aliphatic carbocycles. The lowest BCUT2D eigenvalue weighted by Crippen LogP contribution is -2.21. The summed E-state index contributed by atoms with van der Waals surface area (Å²) in [6, 6.07) is 12.8. The summed E-state index contributed by atoms with van der Waals surface area (Å²) in [5.41, 5.74) is 2.17. The zero-order valence-electron chi connectivity index (χ0n) is 16.1. The van der Waals surface area contributed by atoms with Crippen LogP contribution in [0.1, 0.15) is 0 Å². The van der Waals surface area contributed by atoms with Gasteiger partial charge in [-0.25, -0.2) is 4.79 Å². The van der Waals surface area contributed by atoms with Crippen molar-refractivity contribution >= 4 is 11.0 Å². The Kier molecular flexibility index (Phi) is 4.59. The van der Waals surface area contributed by atoms with Crippen LogP contribution in [0.25, 0.3) is 33.4 Å². The van der Waals surface area contributed by atoms with Gasteiger partial charge in [0, 0.05) is 11.1 Å². The number of aromatic nitrogens is 3. The standard InChI is InChI=1S/C21H19N3O5/c1-27-13-7-4-11(5-8-13)16-17-19(23-21(26)24-20(17)25)22-18(16)12-6-9-14(28-2)15(10-12)29-3/h4-10H,1-3H3,(H3,22,23,24,25,26). The molecular weight excluding hydrogens is 374 g/mol. The SMILES string of the molecule is COc1ccc(-c2c(-c3ccc(OC)c(OC)c3)[nH]c3[nH]c(=O)[nH]c(=O)c23)cc1. The molecule has 2 aromatic heterocycles. The Balaban J connectivity index is 2.04. The zero-order chi connectivity index (χ0) is 20.5. The summed E-state index contributed by atoms with van der Waals surface area (Å²) in [5.74, 6) is 1.83. The third kappa shape index (κ3) is 3.14. The van der Waals surface area contributed by atoms with Gasteiger partial charge in [0.15, 0.2) is 11.5 Å². The van der Waals surface area contributed by atoms with Gasteiger partial charge in [0.25, 0.3) is 5.56 Å². The molecule has 0 saturated heterocycles. The quantitative estimate of drug-likeness (QED) is 0.483. The Morgan fingerprint density at radius 2 is 1.41 bits per heavy atom. The van der Waals surface area contributed by atoms with E-state index in [0.717, 1.165) is 11.1 Å². The molecule has 0 aliphatic heterocycles. The number of methoxy groups -OCH3 is 3. The van der Waals surface area contributed by atoms with Crippen LogP contribution < -0.4 is 25.5 Å². The third-order valence-electron chi connectivity index (χ3n) is 4.74. The highest BCUT2D eigenvalue weighted by Crippen LogP contribution is 2.39. The van der Waals surface area contributed by atoms with Gasteiger partial charge in [0.05, 0.1) is 32.4 Å². The lowest BCUT2D eigenvalue weighted by atomic mass is 9.99. The Labute approximate surface area is 165 Å². The summed E-state index contributed by atoms with van der Waals surface area (Å²) in [4.78, 5) is 32.5. The molecule has 8 heteroatoms. The van der Waals surface area contributed by atoms with Crippen molar-refractivity contribution in [1.82, 2.24) is 15.0 Å². The van der Waals surface area contributed by atoms with Gasteiger partial charge in [-0.05, 0) is 35.9 Å². The first-order valence-corrected chi connectivity index (χ1v) is 8.80. The first-order chi connectivity index (χ1) is 14.0. The number of hydrogen-bond donors (Lipinski definition) is 3. The molecule has 8 nitrogen and oxygen atoms in total. The molecule has 0 unspecified atom stereocenters. The van der Waals surface area contributed by atoms with Crippen LogP contribution in [-0.4, -0.2) is 36.3 Å². The summed E-state index contributed by atoms with van der Waals surface area (Å²) in [7, 11) is 4.71. The largest absolute Gasteiger partial charge is 0.497 e. The number of hydrogen-bond acceptors (Lipinski definition) is 5. The Morgan fingerprint density at radius 3 is 2.07 bits per heavy atom. The summed E-state index contributed by atoms with van der Waals surface area (Å²) >= 11 is 0. The molecule has 2 aromatic carbocycles. The lowest BCUT2D eigenvalue weighted by Gasteiger charge is -2.11. The minimum absolute atomic E-state index is 0.342. The predicted molar refractivity (Wildman–Crippen MR) is 110 cm³/mol. The zero-order valence-corrected chi connectivity index (χ0v) is 16.1. The second-order valence-corrected chi connectivity index (χ2v) is 6.33. The van der Waals surface area contributed by atoms with Crippen LogP contribution in [0.4, 0.5) is 0 Å². The minimum Gasteiger partial charge on any atom is -0.497 e. The topological polar surface area (TPSA) is 109 Å². The van der Waals surface area contributed by atoms with E-state index in [1.165, 1.54) is 0 Å². The van der Waals surface area contributed by atoms with Crippen molar-refractivity contribution < 1.29 is 14.2 Å². The normalized spacial score (nSPS) is 10.9. The summed E-state index contributed by atoms with van der Waals surface area (Å²) in [6.07, 6.45) is 0. The number of benzene rings is 2. The number of aromatic amines is 3. The molecule has 0 fully saturated rings. The van der Waals surface area contributed by atoms with Gasteiger partial charge in [0.2, 0.25) is 0 Å². The first kappa shape index (κ1) is 18.4. The highest BCUT2D eigenvalue weighted by molar-refractivity contribution is 6.02. The van der Waals surface area contributed by atoms with E-state index < -0.39 is 11.2 Å². The van der Waals surface area contributed by atoms with E-state index in [9.17, 15) is 9.59 Å². The van der Waals surface area contributed by atoms with E-state index in [0.29, 0.717) is 39.5 Å². The van der Waals surface area contributed by atoms with Crippen molar-refractivity contribution in [3.8, 4) is 39.6 Å². The Bertz CT molecular complexity index is 1300. The van der Waals surface area contributed by atoms with E-state index in [-0.39, 0.29) is 0 Å². The molecule has 29 heavy (non-hydrogen) atoms. The molecule has 4 aromatic rings. The highest BCUT2D eigenvalue weighted by atomic mass is 16.5. The van der Waals surface area contributed by atoms with E-state index in [4.69, 9.17) is 14.2 Å². The van der Waals surface area contributed by atoms with Crippen molar-refractivity contribution in [2.24, 2.45) is 0 Å². The molecule has 0 bridgehead atoms. The van der Waals surface area contributed by atoms with Crippen LogP contribution in [0.2, 0.25) is 0 Å². The molecule has 0 saturated carbocycles. The molecule has 0 amide bonds. The molecular formula is C21H19N3O5. The number of fused-ring (bicyclic) bond motifs is 1.